The van der Waals surface area contributed by atoms with E-state index in [9.17, 15) is 9.59 Å². The molecule has 7 heteroatoms. The van der Waals surface area contributed by atoms with Gasteiger partial charge in [-0.3, -0.25) is 19.6 Å². The molecule has 0 spiro atoms. The molecule has 0 fully saturated rings. The monoisotopic (exact) mass is 501 g/mol. The van der Waals surface area contributed by atoms with Crippen LogP contribution in [0.5, 0.6) is 0 Å². The molecule has 1 amide bonds. The molecule has 0 radical (unpaired) electrons. The maximum absolute atomic E-state index is 13.7. The van der Waals surface area contributed by atoms with Gasteiger partial charge in [0.05, 0.1) is 28.4 Å². The Balaban J connectivity index is 1.56. The third-order valence-corrected chi connectivity index (χ3v) is 7.03. The Morgan fingerprint density at radius 2 is 1.71 bits per heavy atom. The molecule has 38 heavy (non-hydrogen) atoms. The number of nitrogens with zero attached hydrogens (tertiary/aromatic N) is 4. The predicted molar refractivity (Wildman–Crippen MR) is 150 cm³/mol. The average Bonchev–Trinajstić information content (AvgIpc) is 3.37. The molecule has 0 saturated carbocycles. The zero-order valence-corrected chi connectivity index (χ0v) is 21.5. The molecule has 3 heterocycles. The van der Waals surface area contributed by atoms with E-state index in [2.05, 4.69) is 21.0 Å². The number of hydrogen-bond donors (Lipinski definition) is 1. The molecule has 1 aliphatic heterocycles. The van der Waals surface area contributed by atoms with Crippen molar-refractivity contribution < 1.29 is 4.79 Å². The van der Waals surface area contributed by atoms with Gasteiger partial charge in [0, 0.05) is 41.2 Å². The first-order valence-electron chi connectivity index (χ1n) is 12.7. The number of hydrogen-bond acceptors (Lipinski definition) is 5. The maximum atomic E-state index is 13.7. The van der Waals surface area contributed by atoms with Crippen LogP contribution in [0.4, 0.5) is 0 Å². The van der Waals surface area contributed by atoms with E-state index in [-0.39, 0.29) is 23.4 Å². The minimum atomic E-state index is -0.359. The van der Waals surface area contributed by atoms with Gasteiger partial charge < -0.3 is 4.98 Å². The largest absolute Gasteiger partial charge is 0.321 e. The van der Waals surface area contributed by atoms with Crippen molar-refractivity contribution in [3.05, 3.63) is 106 Å². The molecular weight excluding hydrogens is 474 g/mol. The van der Waals surface area contributed by atoms with Crippen LogP contribution in [0, 0.1) is 12.8 Å². The predicted octanol–water partition coefficient (Wildman–Crippen LogP) is 5.78. The summed E-state index contributed by atoms with van der Waals surface area (Å²) in [5.74, 6) is -0.356. The Kier molecular flexibility index (Phi) is 5.83. The van der Waals surface area contributed by atoms with E-state index in [1.807, 2.05) is 81.4 Å². The van der Waals surface area contributed by atoms with Crippen LogP contribution in [0.2, 0.25) is 0 Å². The van der Waals surface area contributed by atoms with E-state index in [4.69, 9.17) is 5.10 Å². The van der Waals surface area contributed by atoms with E-state index >= 15 is 0 Å². The van der Waals surface area contributed by atoms with E-state index in [1.165, 1.54) is 0 Å². The van der Waals surface area contributed by atoms with Crippen molar-refractivity contribution in [3.63, 3.8) is 0 Å². The van der Waals surface area contributed by atoms with Crippen LogP contribution in [0.3, 0.4) is 0 Å². The number of amides is 1. The second-order valence-electron chi connectivity index (χ2n) is 10.0. The fourth-order valence-electron chi connectivity index (χ4n) is 5.16. The van der Waals surface area contributed by atoms with Crippen LogP contribution < -0.4 is 5.56 Å². The number of aromatic amines is 1. The summed E-state index contributed by atoms with van der Waals surface area (Å²) in [6, 6.07) is 21.4. The molecule has 1 unspecified atom stereocenters. The third kappa shape index (κ3) is 4.06. The van der Waals surface area contributed by atoms with E-state index < -0.39 is 0 Å². The molecule has 0 aliphatic carbocycles. The number of fused-ring (bicyclic) bond motifs is 2. The number of H-pyrrole nitrogens is 1. The summed E-state index contributed by atoms with van der Waals surface area (Å²) in [4.78, 5) is 38.9. The van der Waals surface area contributed by atoms with Gasteiger partial charge in [-0.2, -0.15) is 5.10 Å². The van der Waals surface area contributed by atoms with Crippen molar-refractivity contribution in [2.45, 2.75) is 33.2 Å². The number of hydrazone groups is 1. The number of carbonyl (C=O) groups is 1. The lowest BCUT2D eigenvalue weighted by atomic mass is 9.90. The van der Waals surface area contributed by atoms with Crippen LogP contribution in [0.25, 0.3) is 33.1 Å². The number of rotatable bonds is 4. The fourth-order valence-corrected chi connectivity index (χ4v) is 5.16. The molecular formula is C31H27N5O2. The number of benzene rings is 3. The number of pyridine rings is 1. The second-order valence-corrected chi connectivity index (χ2v) is 10.0. The standard InChI is InChI=1S/C31H27N5O2/c1-18(2)31(38)36-27(21-10-12-24-25(16-21)33-14-13-32-24)17-26(35-36)29-28(20-7-5-4-6-8-20)22-15-19(3)9-11-23(22)34-30(29)37/h4-16,18,27H,17H2,1-3H3,(H,34,37). The molecule has 7 nitrogen and oxygen atoms in total. The van der Waals surface area contributed by atoms with Crippen molar-refractivity contribution in [2.24, 2.45) is 11.0 Å². The second kappa shape index (κ2) is 9.34. The van der Waals surface area contributed by atoms with Gasteiger partial charge >= 0.3 is 0 Å². The Morgan fingerprint density at radius 3 is 2.47 bits per heavy atom. The zero-order chi connectivity index (χ0) is 26.4. The van der Waals surface area contributed by atoms with Gasteiger partial charge in [0.15, 0.2) is 0 Å². The van der Waals surface area contributed by atoms with Crippen LogP contribution >= 0.6 is 0 Å². The van der Waals surface area contributed by atoms with Crippen LogP contribution in [-0.2, 0) is 4.79 Å². The van der Waals surface area contributed by atoms with Gasteiger partial charge in [-0.1, -0.05) is 61.9 Å². The highest BCUT2D eigenvalue weighted by atomic mass is 16.2. The van der Waals surface area contributed by atoms with Gasteiger partial charge in [-0.05, 0) is 42.3 Å². The molecule has 188 valence electrons. The summed E-state index contributed by atoms with van der Waals surface area (Å²) in [7, 11) is 0. The molecule has 0 bridgehead atoms. The summed E-state index contributed by atoms with van der Waals surface area (Å²) in [6.45, 7) is 5.76. The minimum Gasteiger partial charge on any atom is -0.321 e. The molecule has 1 N–H and O–H groups in total. The van der Waals surface area contributed by atoms with Crippen molar-refractivity contribution in [1.82, 2.24) is 20.0 Å². The smallest absolute Gasteiger partial charge is 0.258 e. The summed E-state index contributed by atoms with van der Waals surface area (Å²) < 4.78 is 0. The first-order valence-corrected chi connectivity index (χ1v) is 12.7. The van der Waals surface area contributed by atoms with Crippen molar-refractivity contribution in [1.29, 1.82) is 0 Å². The van der Waals surface area contributed by atoms with Crippen molar-refractivity contribution >= 4 is 33.6 Å². The summed E-state index contributed by atoms with van der Waals surface area (Å²) >= 11 is 0. The summed E-state index contributed by atoms with van der Waals surface area (Å²) in [5, 5.41) is 7.33. The molecule has 3 aromatic carbocycles. The highest BCUT2D eigenvalue weighted by molar-refractivity contribution is 6.13. The van der Waals surface area contributed by atoms with Crippen LogP contribution in [-0.4, -0.2) is 31.6 Å². The molecule has 1 atom stereocenters. The number of nitrogens with one attached hydrogen (secondary N) is 1. The van der Waals surface area contributed by atoms with Gasteiger partial charge in [-0.25, -0.2) is 5.01 Å². The SMILES string of the molecule is Cc1ccc2[nH]c(=O)c(C3=NN(C(=O)C(C)C)C(c4ccc5nccnc5c4)C3)c(-c3ccccc3)c2c1. The number of aromatic nitrogens is 3. The Labute approximate surface area is 219 Å². The van der Waals surface area contributed by atoms with Crippen LogP contribution in [0.15, 0.2) is 89.0 Å². The third-order valence-electron chi connectivity index (χ3n) is 7.03. The average molecular weight is 502 g/mol. The molecule has 0 saturated heterocycles. The molecule has 1 aliphatic rings. The minimum absolute atomic E-state index is 0.0985. The van der Waals surface area contributed by atoms with E-state index in [0.29, 0.717) is 17.7 Å². The van der Waals surface area contributed by atoms with Crippen molar-refractivity contribution in [2.75, 3.05) is 0 Å². The number of aryl methyl sites for hydroxylation is 1. The molecule has 2 aromatic heterocycles. The topological polar surface area (TPSA) is 91.3 Å². The summed E-state index contributed by atoms with van der Waals surface area (Å²) in [5.41, 5.74) is 6.91. The number of carbonyl (C=O) groups excluding carboxylic acids is 1. The van der Waals surface area contributed by atoms with Crippen molar-refractivity contribution in [3.8, 4) is 11.1 Å². The lowest BCUT2D eigenvalue weighted by Gasteiger charge is -2.23. The Bertz CT molecular complexity index is 1790. The molecule has 6 rings (SSSR count). The summed E-state index contributed by atoms with van der Waals surface area (Å²) in [6.07, 6.45) is 3.72. The van der Waals surface area contributed by atoms with Gasteiger partial charge in [0.25, 0.3) is 5.56 Å². The van der Waals surface area contributed by atoms with Crippen LogP contribution in [0.1, 0.15) is 43.0 Å². The fraction of sp³-hybridized carbons (Fsp3) is 0.194. The zero-order valence-electron chi connectivity index (χ0n) is 21.5. The lowest BCUT2D eigenvalue weighted by Crippen LogP contribution is -2.30. The van der Waals surface area contributed by atoms with Gasteiger partial charge in [0.1, 0.15) is 0 Å². The van der Waals surface area contributed by atoms with E-state index in [1.54, 1.807) is 17.4 Å². The highest BCUT2D eigenvalue weighted by Crippen LogP contribution is 2.38. The molecule has 5 aromatic rings. The maximum Gasteiger partial charge on any atom is 0.258 e. The highest BCUT2D eigenvalue weighted by Gasteiger charge is 2.36. The first kappa shape index (κ1) is 23.7. The first-order chi connectivity index (χ1) is 18.4. The Hall–Kier alpha value is -4.65. The Morgan fingerprint density at radius 1 is 0.947 bits per heavy atom. The van der Waals surface area contributed by atoms with Gasteiger partial charge in [0.2, 0.25) is 5.91 Å². The quantitative estimate of drug-likeness (QED) is 0.338. The van der Waals surface area contributed by atoms with Gasteiger partial charge in [-0.15, -0.1) is 0 Å². The lowest BCUT2D eigenvalue weighted by molar-refractivity contribution is -0.136. The van der Waals surface area contributed by atoms with E-state index in [0.717, 1.165) is 44.2 Å². The normalized spacial score (nSPS) is 15.4.